The lowest BCUT2D eigenvalue weighted by atomic mass is 9.66. The Morgan fingerprint density at radius 1 is 0.485 bits per heavy atom. The minimum Gasteiger partial charge on any atom is -0.457 e. The molecule has 33 heavy (non-hydrogen) atoms. The molecule has 1 heterocycles. The zero-order valence-electron chi connectivity index (χ0n) is 17.8. The van der Waals surface area contributed by atoms with E-state index in [2.05, 4.69) is 97.1 Å². The van der Waals surface area contributed by atoms with Gasteiger partial charge in [-0.05, 0) is 57.6 Å². The summed E-state index contributed by atoms with van der Waals surface area (Å²) in [6, 6.07) is 40.6. The molecule has 5 aromatic rings. The van der Waals surface area contributed by atoms with Crippen molar-refractivity contribution in [3.8, 4) is 33.8 Å². The van der Waals surface area contributed by atoms with Crippen LogP contribution >= 0.6 is 11.6 Å². The van der Waals surface area contributed by atoms with Crippen molar-refractivity contribution >= 4 is 11.6 Å². The van der Waals surface area contributed by atoms with Crippen LogP contribution in [0.1, 0.15) is 22.3 Å². The Labute approximate surface area is 197 Å². The second-order valence-corrected chi connectivity index (χ2v) is 9.09. The van der Waals surface area contributed by atoms with Crippen LogP contribution in [-0.2, 0) is 5.41 Å². The second-order valence-electron chi connectivity index (χ2n) is 8.66. The van der Waals surface area contributed by atoms with Crippen LogP contribution in [0.5, 0.6) is 11.5 Å². The predicted octanol–water partition coefficient (Wildman–Crippen LogP) is 8.48. The van der Waals surface area contributed by atoms with E-state index < -0.39 is 5.41 Å². The van der Waals surface area contributed by atoms with Gasteiger partial charge in [0, 0.05) is 16.1 Å². The van der Waals surface area contributed by atoms with Gasteiger partial charge >= 0.3 is 0 Å². The van der Waals surface area contributed by atoms with Gasteiger partial charge in [-0.1, -0.05) is 103 Å². The van der Waals surface area contributed by atoms with Crippen LogP contribution in [0, 0.1) is 0 Å². The maximum absolute atomic E-state index is 6.55. The third-order valence-electron chi connectivity index (χ3n) is 7.03. The largest absolute Gasteiger partial charge is 0.457 e. The normalized spacial score (nSPS) is 14.1. The highest BCUT2D eigenvalue weighted by Gasteiger charge is 2.50. The summed E-state index contributed by atoms with van der Waals surface area (Å²) in [7, 11) is 0. The molecule has 0 unspecified atom stereocenters. The molecule has 0 bridgehead atoms. The summed E-state index contributed by atoms with van der Waals surface area (Å²) >= 11 is 6.12. The minimum absolute atomic E-state index is 0.407. The third-order valence-corrected chi connectivity index (χ3v) is 7.28. The molecule has 1 spiro atoms. The number of benzene rings is 5. The van der Waals surface area contributed by atoms with Crippen molar-refractivity contribution in [1.82, 2.24) is 0 Å². The molecule has 1 aliphatic carbocycles. The van der Waals surface area contributed by atoms with E-state index in [9.17, 15) is 0 Å². The molecule has 0 saturated carbocycles. The standard InChI is InChI=1S/C31H19ClO/c32-22-16-13-20(14-17-22)21-15-18-28-30(19-21)33-29-12-6-5-11-27(29)31(28)25-9-3-1-7-23(25)24-8-2-4-10-26(24)31/h1-19H. The summed E-state index contributed by atoms with van der Waals surface area (Å²) < 4.78 is 6.55. The molecule has 0 amide bonds. The lowest BCUT2D eigenvalue weighted by Gasteiger charge is -2.39. The summed E-state index contributed by atoms with van der Waals surface area (Å²) in [5.41, 5.74) is 9.38. The van der Waals surface area contributed by atoms with Crippen LogP contribution in [0.4, 0.5) is 0 Å². The van der Waals surface area contributed by atoms with E-state index in [0.717, 1.165) is 27.6 Å². The van der Waals surface area contributed by atoms with Gasteiger partial charge < -0.3 is 4.74 Å². The van der Waals surface area contributed by atoms with Crippen LogP contribution in [0.25, 0.3) is 22.3 Å². The third kappa shape index (κ3) is 2.49. The molecule has 2 heteroatoms. The molecule has 0 saturated heterocycles. The van der Waals surface area contributed by atoms with Crippen molar-refractivity contribution in [1.29, 1.82) is 0 Å². The van der Waals surface area contributed by atoms with Crippen LogP contribution in [-0.4, -0.2) is 0 Å². The van der Waals surface area contributed by atoms with Gasteiger partial charge in [0.15, 0.2) is 0 Å². The Balaban J connectivity index is 1.57. The SMILES string of the molecule is Clc1ccc(-c2ccc3c(c2)Oc2ccccc2C32c3ccccc3-c3ccccc32)cc1. The number of hydrogen-bond donors (Lipinski definition) is 0. The number of ether oxygens (including phenoxy) is 1. The summed E-state index contributed by atoms with van der Waals surface area (Å²) in [4.78, 5) is 0. The lowest BCUT2D eigenvalue weighted by Crippen LogP contribution is -2.32. The van der Waals surface area contributed by atoms with Gasteiger partial charge in [-0.25, -0.2) is 0 Å². The van der Waals surface area contributed by atoms with Gasteiger partial charge in [-0.2, -0.15) is 0 Å². The molecule has 0 atom stereocenters. The van der Waals surface area contributed by atoms with E-state index in [1.54, 1.807) is 0 Å². The molecule has 0 radical (unpaired) electrons. The van der Waals surface area contributed by atoms with Crippen molar-refractivity contribution in [3.05, 3.63) is 143 Å². The fourth-order valence-corrected chi connectivity index (χ4v) is 5.81. The number of hydrogen-bond acceptors (Lipinski definition) is 1. The van der Waals surface area contributed by atoms with Crippen LogP contribution < -0.4 is 4.74 Å². The topological polar surface area (TPSA) is 9.23 Å². The Kier molecular flexibility index (Phi) is 3.88. The highest BCUT2D eigenvalue weighted by atomic mass is 35.5. The average Bonchev–Trinajstić information content (AvgIpc) is 3.16. The van der Waals surface area contributed by atoms with Gasteiger partial charge in [-0.15, -0.1) is 0 Å². The van der Waals surface area contributed by atoms with Gasteiger partial charge in [0.1, 0.15) is 11.5 Å². The molecule has 5 aromatic carbocycles. The zero-order chi connectivity index (χ0) is 22.0. The summed E-state index contributed by atoms with van der Waals surface area (Å²) in [6.07, 6.45) is 0. The summed E-state index contributed by atoms with van der Waals surface area (Å²) in [5, 5.41) is 0.736. The van der Waals surface area contributed by atoms with Crippen molar-refractivity contribution < 1.29 is 4.74 Å². The smallest absolute Gasteiger partial charge is 0.132 e. The average molecular weight is 443 g/mol. The number of rotatable bonds is 1. The van der Waals surface area contributed by atoms with E-state index >= 15 is 0 Å². The first-order valence-electron chi connectivity index (χ1n) is 11.1. The monoisotopic (exact) mass is 442 g/mol. The quantitative estimate of drug-likeness (QED) is 0.247. The Hall–Kier alpha value is -3.81. The Morgan fingerprint density at radius 2 is 1.03 bits per heavy atom. The van der Waals surface area contributed by atoms with Crippen molar-refractivity contribution in [3.63, 3.8) is 0 Å². The second kappa shape index (κ2) is 6.84. The first kappa shape index (κ1) is 18.7. The molecular weight excluding hydrogens is 424 g/mol. The molecule has 1 nitrogen and oxygen atoms in total. The molecule has 0 aromatic heterocycles. The first-order chi connectivity index (χ1) is 16.3. The fourth-order valence-electron chi connectivity index (χ4n) is 5.68. The number of halogens is 1. The van der Waals surface area contributed by atoms with E-state index in [1.807, 2.05) is 18.2 Å². The lowest BCUT2D eigenvalue weighted by molar-refractivity contribution is 0.436. The fraction of sp³-hybridized carbons (Fsp3) is 0.0323. The van der Waals surface area contributed by atoms with E-state index in [0.29, 0.717) is 0 Å². The van der Waals surface area contributed by atoms with E-state index in [1.165, 1.54) is 33.4 Å². The first-order valence-corrected chi connectivity index (χ1v) is 11.5. The van der Waals surface area contributed by atoms with Crippen LogP contribution in [0.2, 0.25) is 5.02 Å². The Bertz CT molecular complexity index is 1500. The minimum atomic E-state index is -0.407. The van der Waals surface area contributed by atoms with Gasteiger partial charge in [0.2, 0.25) is 0 Å². The van der Waals surface area contributed by atoms with Crippen molar-refractivity contribution in [2.45, 2.75) is 5.41 Å². The molecule has 1 aliphatic heterocycles. The van der Waals surface area contributed by atoms with Crippen LogP contribution in [0.15, 0.2) is 115 Å². The number of para-hydroxylation sites is 1. The predicted molar refractivity (Wildman–Crippen MR) is 134 cm³/mol. The molecule has 156 valence electrons. The Morgan fingerprint density at radius 3 is 1.73 bits per heavy atom. The molecule has 0 fully saturated rings. The molecule has 0 N–H and O–H groups in total. The maximum Gasteiger partial charge on any atom is 0.132 e. The summed E-state index contributed by atoms with van der Waals surface area (Å²) in [5.74, 6) is 1.80. The molecule has 2 aliphatic rings. The van der Waals surface area contributed by atoms with Gasteiger partial charge in [-0.3, -0.25) is 0 Å². The van der Waals surface area contributed by atoms with E-state index in [-0.39, 0.29) is 0 Å². The van der Waals surface area contributed by atoms with Crippen LogP contribution in [0.3, 0.4) is 0 Å². The maximum atomic E-state index is 6.55. The highest BCUT2D eigenvalue weighted by molar-refractivity contribution is 6.30. The highest BCUT2D eigenvalue weighted by Crippen LogP contribution is 2.62. The van der Waals surface area contributed by atoms with Crippen molar-refractivity contribution in [2.24, 2.45) is 0 Å². The van der Waals surface area contributed by atoms with Gasteiger partial charge in [0.25, 0.3) is 0 Å². The van der Waals surface area contributed by atoms with Gasteiger partial charge in [0.05, 0.1) is 5.41 Å². The van der Waals surface area contributed by atoms with Crippen molar-refractivity contribution in [2.75, 3.05) is 0 Å². The summed E-state index contributed by atoms with van der Waals surface area (Å²) in [6.45, 7) is 0. The number of fused-ring (bicyclic) bond motifs is 9. The molecule has 7 rings (SSSR count). The van der Waals surface area contributed by atoms with E-state index in [4.69, 9.17) is 16.3 Å². The molecular formula is C31H19ClO. The zero-order valence-corrected chi connectivity index (χ0v) is 18.5.